The van der Waals surface area contributed by atoms with Crippen LogP contribution >= 0.6 is 0 Å². The molecule has 17 heavy (non-hydrogen) atoms. The molecule has 1 heterocycles. The Hall–Kier alpha value is -1.55. The number of amides is 1. The second-order valence-electron chi connectivity index (χ2n) is 4.42. The first-order valence-electron chi connectivity index (χ1n) is 5.90. The minimum absolute atomic E-state index is 0.0621. The van der Waals surface area contributed by atoms with Gasteiger partial charge in [0.1, 0.15) is 5.75 Å². The summed E-state index contributed by atoms with van der Waals surface area (Å²) in [6, 6.07) is 3.31. The molecule has 92 valence electrons. The summed E-state index contributed by atoms with van der Waals surface area (Å²) in [6.45, 7) is 6.91. The van der Waals surface area contributed by atoms with Crippen LogP contribution in [0.4, 0.5) is 0 Å². The summed E-state index contributed by atoms with van der Waals surface area (Å²) in [6.07, 6.45) is 0. The van der Waals surface area contributed by atoms with Crippen LogP contribution in [0.1, 0.15) is 21.5 Å². The van der Waals surface area contributed by atoms with Crippen molar-refractivity contribution >= 4 is 5.91 Å². The van der Waals surface area contributed by atoms with Crippen LogP contribution in [0.5, 0.6) is 5.75 Å². The normalized spacial score (nSPS) is 16.0. The molecule has 1 aromatic rings. The molecule has 2 N–H and O–H groups in total. The number of hydrogen-bond acceptors (Lipinski definition) is 3. The number of hydrogen-bond donors (Lipinski definition) is 2. The van der Waals surface area contributed by atoms with Gasteiger partial charge in [-0.05, 0) is 37.1 Å². The summed E-state index contributed by atoms with van der Waals surface area (Å²) >= 11 is 0. The standard InChI is InChI=1S/C13H18N2O2/c1-9-10(2)12(16)4-3-11(9)13(17)15-7-5-14-6-8-15/h3-4,14,16H,5-8H2,1-2H3. The smallest absolute Gasteiger partial charge is 0.254 e. The van der Waals surface area contributed by atoms with Crippen molar-refractivity contribution in [3.05, 3.63) is 28.8 Å². The summed E-state index contributed by atoms with van der Waals surface area (Å²) in [5, 5.41) is 12.8. The number of carbonyl (C=O) groups excluding carboxylic acids is 1. The minimum Gasteiger partial charge on any atom is -0.508 e. The summed E-state index contributed by atoms with van der Waals surface area (Å²) in [5.74, 6) is 0.312. The first kappa shape index (κ1) is 11.9. The van der Waals surface area contributed by atoms with E-state index in [0.717, 1.165) is 37.3 Å². The van der Waals surface area contributed by atoms with Gasteiger partial charge in [-0.25, -0.2) is 0 Å². The van der Waals surface area contributed by atoms with E-state index in [2.05, 4.69) is 5.32 Å². The lowest BCUT2D eigenvalue weighted by Gasteiger charge is -2.28. The lowest BCUT2D eigenvalue weighted by atomic mass is 10.0. The third-order valence-electron chi connectivity index (χ3n) is 3.39. The van der Waals surface area contributed by atoms with Crippen molar-refractivity contribution < 1.29 is 9.90 Å². The van der Waals surface area contributed by atoms with Gasteiger partial charge in [0.05, 0.1) is 0 Å². The molecule has 4 heteroatoms. The molecule has 0 unspecified atom stereocenters. The number of phenolic OH excluding ortho intramolecular Hbond substituents is 1. The predicted molar refractivity (Wildman–Crippen MR) is 66.4 cm³/mol. The van der Waals surface area contributed by atoms with Gasteiger partial charge in [-0.2, -0.15) is 0 Å². The van der Waals surface area contributed by atoms with Crippen molar-refractivity contribution in [1.82, 2.24) is 10.2 Å². The van der Waals surface area contributed by atoms with E-state index in [4.69, 9.17) is 0 Å². The van der Waals surface area contributed by atoms with Crippen LogP contribution in [-0.4, -0.2) is 42.1 Å². The maximum atomic E-state index is 12.3. The van der Waals surface area contributed by atoms with Gasteiger partial charge in [0, 0.05) is 31.7 Å². The van der Waals surface area contributed by atoms with Crippen LogP contribution in [0.2, 0.25) is 0 Å². The number of aromatic hydroxyl groups is 1. The van der Waals surface area contributed by atoms with Gasteiger partial charge in [0.25, 0.3) is 5.91 Å². The van der Waals surface area contributed by atoms with E-state index in [1.807, 2.05) is 18.7 Å². The van der Waals surface area contributed by atoms with Gasteiger partial charge < -0.3 is 15.3 Å². The molecule has 0 radical (unpaired) electrons. The van der Waals surface area contributed by atoms with E-state index in [-0.39, 0.29) is 11.7 Å². The summed E-state index contributed by atoms with van der Waals surface area (Å²) < 4.78 is 0. The van der Waals surface area contributed by atoms with Gasteiger partial charge in [-0.3, -0.25) is 4.79 Å². The Kier molecular flexibility index (Phi) is 3.33. The van der Waals surface area contributed by atoms with E-state index in [0.29, 0.717) is 5.56 Å². The van der Waals surface area contributed by atoms with Crippen LogP contribution in [0.3, 0.4) is 0 Å². The molecule has 1 amide bonds. The Labute approximate surface area is 101 Å². The molecule has 0 spiro atoms. The number of carbonyl (C=O) groups is 1. The van der Waals surface area contributed by atoms with Crippen molar-refractivity contribution in [3.63, 3.8) is 0 Å². The summed E-state index contributed by atoms with van der Waals surface area (Å²) in [4.78, 5) is 14.2. The van der Waals surface area contributed by atoms with Crippen LogP contribution < -0.4 is 5.32 Å². The zero-order valence-corrected chi connectivity index (χ0v) is 10.3. The molecule has 1 aromatic carbocycles. The van der Waals surface area contributed by atoms with Crippen LogP contribution in [0.25, 0.3) is 0 Å². The molecule has 0 aromatic heterocycles. The topological polar surface area (TPSA) is 52.6 Å². The van der Waals surface area contributed by atoms with E-state index >= 15 is 0 Å². The Morgan fingerprint density at radius 3 is 2.53 bits per heavy atom. The van der Waals surface area contributed by atoms with Gasteiger partial charge in [-0.1, -0.05) is 0 Å². The van der Waals surface area contributed by atoms with E-state index < -0.39 is 0 Å². The molecular weight excluding hydrogens is 216 g/mol. The van der Waals surface area contributed by atoms with E-state index in [1.165, 1.54) is 0 Å². The second-order valence-corrected chi connectivity index (χ2v) is 4.42. The number of rotatable bonds is 1. The van der Waals surface area contributed by atoms with Gasteiger partial charge in [-0.15, -0.1) is 0 Å². The molecule has 0 bridgehead atoms. The summed E-state index contributed by atoms with van der Waals surface area (Å²) in [7, 11) is 0. The fourth-order valence-corrected chi connectivity index (χ4v) is 2.08. The molecule has 1 aliphatic heterocycles. The molecule has 0 saturated carbocycles. The average Bonchev–Trinajstić information content (AvgIpc) is 2.36. The molecular formula is C13H18N2O2. The quantitative estimate of drug-likeness (QED) is 0.764. The third-order valence-corrected chi connectivity index (χ3v) is 3.39. The molecule has 4 nitrogen and oxygen atoms in total. The Bertz CT molecular complexity index is 437. The van der Waals surface area contributed by atoms with Crippen molar-refractivity contribution in [2.45, 2.75) is 13.8 Å². The second kappa shape index (κ2) is 4.75. The maximum absolute atomic E-state index is 12.3. The monoisotopic (exact) mass is 234 g/mol. The molecule has 1 aliphatic rings. The van der Waals surface area contributed by atoms with E-state index in [1.54, 1.807) is 12.1 Å². The highest BCUT2D eigenvalue weighted by Gasteiger charge is 2.20. The van der Waals surface area contributed by atoms with Gasteiger partial charge in [0.2, 0.25) is 0 Å². The Morgan fingerprint density at radius 1 is 1.24 bits per heavy atom. The molecule has 1 fully saturated rings. The van der Waals surface area contributed by atoms with Crippen molar-refractivity contribution in [2.24, 2.45) is 0 Å². The number of benzene rings is 1. The zero-order chi connectivity index (χ0) is 12.4. The number of nitrogens with one attached hydrogen (secondary N) is 1. The van der Waals surface area contributed by atoms with Gasteiger partial charge in [0.15, 0.2) is 0 Å². The fourth-order valence-electron chi connectivity index (χ4n) is 2.08. The SMILES string of the molecule is Cc1c(O)ccc(C(=O)N2CCNCC2)c1C. The highest BCUT2D eigenvalue weighted by Crippen LogP contribution is 2.23. The minimum atomic E-state index is 0.0621. The lowest BCUT2D eigenvalue weighted by molar-refractivity contribution is 0.0735. The number of phenols is 1. The molecule has 0 aliphatic carbocycles. The van der Waals surface area contributed by atoms with Gasteiger partial charge >= 0.3 is 0 Å². The predicted octanol–water partition coefficient (Wildman–Crippen LogP) is 1.05. The molecule has 1 saturated heterocycles. The number of piperazine rings is 1. The van der Waals surface area contributed by atoms with E-state index in [9.17, 15) is 9.90 Å². The fraction of sp³-hybridized carbons (Fsp3) is 0.462. The highest BCUT2D eigenvalue weighted by atomic mass is 16.3. The van der Waals surface area contributed by atoms with Crippen molar-refractivity contribution in [1.29, 1.82) is 0 Å². The summed E-state index contributed by atoms with van der Waals surface area (Å²) in [5.41, 5.74) is 2.35. The first-order valence-corrected chi connectivity index (χ1v) is 5.90. The zero-order valence-electron chi connectivity index (χ0n) is 10.3. The largest absolute Gasteiger partial charge is 0.508 e. The van der Waals surface area contributed by atoms with Crippen molar-refractivity contribution in [3.8, 4) is 5.75 Å². The Morgan fingerprint density at radius 2 is 1.88 bits per heavy atom. The molecule has 0 atom stereocenters. The Balaban J connectivity index is 2.27. The van der Waals surface area contributed by atoms with Crippen LogP contribution in [0.15, 0.2) is 12.1 Å². The third kappa shape index (κ3) is 2.26. The lowest BCUT2D eigenvalue weighted by Crippen LogP contribution is -2.46. The van der Waals surface area contributed by atoms with Crippen LogP contribution in [-0.2, 0) is 0 Å². The first-order chi connectivity index (χ1) is 8.11. The van der Waals surface area contributed by atoms with Crippen LogP contribution in [0, 0.1) is 13.8 Å². The maximum Gasteiger partial charge on any atom is 0.254 e. The average molecular weight is 234 g/mol. The number of nitrogens with zero attached hydrogens (tertiary/aromatic N) is 1. The van der Waals surface area contributed by atoms with Crippen molar-refractivity contribution in [2.75, 3.05) is 26.2 Å². The molecule has 2 rings (SSSR count). The highest BCUT2D eigenvalue weighted by molar-refractivity contribution is 5.96.